The molecular weight excluding hydrogens is 120 g/mol. The maximum Gasteiger partial charge on any atom is 0.0436 e. The lowest BCUT2D eigenvalue weighted by Crippen LogP contribution is -1.83. The summed E-state index contributed by atoms with van der Waals surface area (Å²) in [5.74, 6) is 1.60. The molecule has 0 heterocycles. The van der Waals surface area contributed by atoms with Crippen molar-refractivity contribution in [3.8, 4) is 0 Å². The summed E-state index contributed by atoms with van der Waals surface area (Å²) >= 11 is 5.91. The molecule has 0 saturated heterocycles. The molecule has 3 atom stereocenters. The van der Waals surface area contributed by atoms with E-state index in [1.165, 1.54) is 12.8 Å². The third-order valence-corrected chi connectivity index (χ3v) is 2.77. The molecule has 2 aliphatic rings. The van der Waals surface area contributed by atoms with Crippen LogP contribution in [0.15, 0.2) is 12.2 Å². The molecule has 2 aliphatic carbocycles. The highest BCUT2D eigenvalue weighted by atomic mass is 35.5. The second-order valence-electron chi connectivity index (χ2n) is 2.69. The summed E-state index contributed by atoms with van der Waals surface area (Å²) in [6, 6.07) is 0. The lowest BCUT2D eigenvalue weighted by atomic mass is 10.1. The molecule has 0 amide bonds. The van der Waals surface area contributed by atoms with E-state index in [1.807, 2.05) is 0 Å². The molecule has 0 N–H and O–H groups in total. The van der Waals surface area contributed by atoms with Crippen LogP contribution in [0.4, 0.5) is 0 Å². The number of hydrogen-bond donors (Lipinski definition) is 0. The fourth-order valence-electron chi connectivity index (χ4n) is 1.50. The van der Waals surface area contributed by atoms with Crippen LogP contribution in [0.2, 0.25) is 0 Å². The van der Waals surface area contributed by atoms with Gasteiger partial charge < -0.3 is 0 Å². The van der Waals surface area contributed by atoms with Crippen LogP contribution < -0.4 is 0 Å². The predicted molar refractivity (Wildman–Crippen MR) is 35.0 cm³/mol. The van der Waals surface area contributed by atoms with Gasteiger partial charge in [-0.3, -0.25) is 0 Å². The van der Waals surface area contributed by atoms with Crippen LogP contribution in [0.5, 0.6) is 0 Å². The van der Waals surface area contributed by atoms with E-state index in [0.717, 1.165) is 11.8 Å². The van der Waals surface area contributed by atoms with Gasteiger partial charge in [-0.05, 0) is 24.7 Å². The van der Waals surface area contributed by atoms with Gasteiger partial charge in [0.15, 0.2) is 0 Å². The van der Waals surface area contributed by atoms with E-state index in [0.29, 0.717) is 5.38 Å². The van der Waals surface area contributed by atoms with Crippen LogP contribution in [0.25, 0.3) is 0 Å². The first-order valence-corrected chi connectivity index (χ1v) is 3.64. The van der Waals surface area contributed by atoms with Crippen LogP contribution in [-0.4, -0.2) is 5.38 Å². The van der Waals surface area contributed by atoms with Crippen molar-refractivity contribution < 1.29 is 0 Å². The molecule has 0 bridgehead atoms. The highest BCUT2D eigenvalue weighted by Gasteiger charge is 2.47. The molecule has 8 heavy (non-hydrogen) atoms. The van der Waals surface area contributed by atoms with E-state index in [-0.39, 0.29) is 0 Å². The summed E-state index contributed by atoms with van der Waals surface area (Å²) in [5.41, 5.74) is 0. The summed E-state index contributed by atoms with van der Waals surface area (Å²) in [4.78, 5) is 0. The molecule has 0 aromatic heterocycles. The van der Waals surface area contributed by atoms with Crippen molar-refractivity contribution in [1.29, 1.82) is 0 Å². The fourth-order valence-corrected chi connectivity index (χ4v) is 1.98. The topological polar surface area (TPSA) is 0 Å². The minimum Gasteiger partial charge on any atom is -0.122 e. The van der Waals surface area contributed by atoms with Crippen molar-refractivity contribution in [2.24, 2.45) is 11.8 Å². The van der Waals surface area contributed by atoms with Crippen molar-refractivity contribution in [2.75, 3.05) is 0 Å². The minimum atomic E-state index is 0.494. The smallest absolute Gasteiger partial charge is 0.0436 e. The quantitative estimate of drug-likeness (QED) is 0.347. The third kappa shape index (κ3) is 0.526. The molecule has 44 valence electrons. The number of alkyl halides is 1. The van der Waals surface area contributed by atoms with Gasteiger partial charge in [-0.2, -0.15) is 0 Å². The van der Waals surface area contributed by atoms with E-state index >= 15 is 0 Å². The molecule has 2 rings (SSSR count). The van der Waals surface area contributed by atoms with E-state index in [1.54, 1.807) is 0 Å². The van der Waals surface area contributed by atoms with E-state index in [2.05, 4.69) is 12.2 Å². The molecule has 0 nitrogen and oxygen atoms in total. The normalized spacial score (nSPS) is 50.9. The first-order chi connectivity index (χ1) is 3.89. The van der Waals surface area contributed by atoms with Gasteiger partial charge in [0, 0.05) is 5.38 Å². The molecule has 3 unspecified atom stereocenters. The van der Waals surface area contributed by atoms with E-state index in [4.69, 9.17) is 11.6 Å². The van der Waals surface area contributed by atoms with Gasteiger partial charge >= 0.3 is 0 Å². The Morgan fingerprint density at radius 3 is 2.88 bits per heavy atom. The Hall–Kier alpha value is 0.0300. The Labute approximate surface area is 54.5 Å². The summed E-state index contributed by atoms with van der Waals surface area (Å²) < 4.78 is 0. The number of rotatable bonds is 0. The number of allylic oxidation sites excluding steroid dienone is 2. The second-order valence-corrected chi connectivity index (χ2v) is 3.20. The fraction of sp³-hybridized carbons (Fsp3) is 0.714. The highest BCUT2D eigenvalue weighted by molar-refractivity contribution is 6.23. The van der Waals surface area contributed by atoms with Crippen LogP contribution >= 0.6 is 11.6 Å². The first-order valence-electron chi connectivity index (χ1n) is 3.20. The first kappa shape index (κ1) is 4.87. The molecule has 1 fully saturated rings. The molecule has 0 spiro atoms. The lowest BCUT2D eigenvalue weighted by molar-refractivity contribution is 0.683. The molecular formula is C7H9Cl. The van der Waals surface area contributed by atoms with Gasteiger partial charge in [0.2, 0.25) is 0 Å². The molecule has 0 aliphatic heterocycles. The van der Waals surface area contributed by atoms with Crippen LogP contribution in [0.1, 0.15) is 12.8 Å². The third-order valence-electron chi connectivity index (χ3n) is 2.16. The average Bonchev–Trinajstić information content (AvgIpc) is 2.46. The maximum atomic E-state index is 5.91. The average molecular weight is 129 g/mol. The van der Waals surface area contributed by atoms with Crippen molar-refractivity contribution in [2.45, 2.75) is 18.2 Å². The molecule has 1 heteroatoms. The van der Waals surface area contributed by atoms with Gasteiger partial charge in [-0.25, -0.2) is 0 Å². The van der Waals surface area contributed by atoms with E-state index in [9.17, 15) is 0 Å². The molecule has 0 radical (unpaired) electrons. The largest absolute Gasteiger partial charge is 0.122 e. The number of fused-ring (bicyclic) bond motifs is 1. The maximum absolute atomic E-state index is 5.91. The minimum absolute atomic E-state index is 0.494. The predicted octanol–water partition coefficient (Wildman–Crippen LogP) is 2.19. The number of halogens is 1. The second kappa shape index (κ2) is 1.51. The Morgan fingerprint density at radius 1 is 1.50 bits per heavy atom. The standard InChI is InChI=1S/C7H9Cl/c8-7-5-3-1-2-4-6(5)7/h1,3,5-7H,2,4H2. The van der Waals surface area contributed by atoms with Crippen molar-refractivity contribution in [3.05, 3.63) is 12.2 Å². The van der Waals surface area contributed by atoms with Gasteiger partial charge in [0.25, 0.3) is 0 Å². The highest BCUT2D eigenvalue weighted by Crippen LogP contribution is 2.50. The van der Waals surface area contributed by atoms with Crippen molar-refractivity contribution in [3.63, 3.8) is 0 Å². The zero-order valence-electron chi connectivity index (χ0n) is 4.68. The van der Waals surface area contributed by atoms with Crippen LogP contribution in [-0.2, 0) is 0 Å². The van der Waals surface area contributed by atoms with E-state index < -0.39 is 0 Å². The number of hydrogen-bond acceptors (Lipinski definition) is 0. The Balaban J connectivity index is 2.12. The van der Waals surface area contributed by atoms with Crippen LogP contribution in [0, 0.1) is 11.8 Å². The Bertz CT molecular complexity index is 128. The zero-order valence-corrected chi connectivity index (χ0v) is 5.43. The summed E-state index contributed by atoms with van der Waals surface area (Å²) in [5, 5.41) is 0.494. The summed E-state index contributed by atoms with van der Waals surface area (Å²) in [6.07, 6.45) is 7.11. The lowest BCUT2D eigenvalue weighted by Gasteiger charge is -1.96. The van der Waals surface area contributed by atoms with Gasteiger partial charge in [-0.1, -0.05) is 12.2 Å². The monoisotopic (exact) mass is 128 g/mol. The van der Waals surface area contributed by atoms with Crippen molar-refractivity contribution >= 4 is 11.6 Å². The van der Waals surface area contributed by atoms with Crippen LogP contribution in [0.3, 0.4) is 0 Å². The van der Waals surface area contributed by atoms with Gasteiger partial charge in [-0.15, -0.1) is 11.6 Å². The zero-order chi connectivity index (χ0) is 5.56. The Kier molecular flexibility index (Phi) is 0.916. The Morgan fingerprint density at radius 2 is 2.38 bits per heavy atom. The molecule has 0 aromatic rings. The van der Waals surface area contributed by atoms with Crippen molar-refractivity contribution in [1.82, 2.24) is 0 Å². The summed E-state index contributed by atoms with van der Waals surface area (Å²) in [6.45, 7) is 0. The SMILES string of the molecule is ClC1C2C=CCCC12. The molecule has 1 saturated carbocycles. The van der Waals surface area contributed by atoms with Gasteiger partial charge in [0.1, 0.15) is 0 Å². The summed E-state index contributed by atoms with van der Waals surface area (Å²) in [7, 11) is 0. The molecule has 0 aromatic carbocycles. The van der Waals surface area contributed by atoms with Gasteiger partial charge in [0.05, 0.1) is 0 Å².